The number of hydrogen-bond donors (Lipinski definition) is 2. The molecule has 32 heavy (non-hydrogen) atoms. The Morgan fingerprint density at radius 3 is 2.59 bits per heavy atom. The summed E-state index contributed by atoms with van der Waals surface area (Å²) in [6.45, 7) is 3.30. The van der Waals surface area contributed by atoms with Crippen LogP contribution >= 0.6 is 0 Å². The summed E-state index contributed by atoms with van der Waals surface area (Å²) < 4.78 is 46.7. The lowest BCUT2D eigenvalue weighted by Gasteiger charge is -2.34. The maximum atomic E-state index is 13.3. The Morgan fingerprint density at radius 1 is 1.28 bits per heavy atom. The number of ether oxygens (including phenoxy) is 1. The van der Waals surface area contributed by atoms with Crippen molar-refractivity contribution >= 4 is 15.9 Å². The predicted octanol–water partition coefficient (Wildman–Crippen LogP) is 2.51. The molecule has 1 aromatic carbocycles. The van der Waals surface area contributed by atoms with Crippen molar-refractivity contribution < 1.29 is 22.3 Å². The highest BCUT2D eigenvalue weighted by Crippen LogP contribution is 2.22. The summed E-state index contributed by atoms with van der Waals surface area (Å²) in [6.07, 6.45) is 7.03. The zero-order valence-corrected chi connectivity index (χ0v) is 19.2. The average molecular weight is 466 g/mol. The first-order chi connectivity index (χ1) is 15.4. The number of halogens is 1. The molecule has 0 saturated carbocycles. The van der Waals surface area contributed by atoms with E-state index in [1.807, 2.05) is 31.2 Å². The summed E-state index contributed by atoms with van der Waals surface area (Å²) in [5.41, 5.74) is 0.831. The van der Waals surface area contributed by atoms with Crippen LogP contribution in [0, 0.1) is 5.92 Å². The number of carbonyl (C=O) groups is 1. The Morgan fingerprint density at radius 2 is 2.00 bits per heavy atom. The van der Waals surface area contributed by atoms with Crippen LogP contribution in [-0.4, -0.2) is 58.2 Å². The lowest BCUT2D eigenvalue weighted by molar-refractivity contribution is -0.134. The molecule has 0 unspecified atom stereocenters. The van der Waals surface area contributed by atoms with Gasteiger partial charge in [0.05, 0.1) is 24.7 Å². The molecular formula is C23H32FN3O4S. The lowest BCUT2D eigenvalue weighted by Crippen LogP contribution is -2.52. The molecule has 2 heterocycles. The number of likely N-dealkylation sites (tertiary alicyclic amines) is 1. The van der Waals surface area contributed by atoms with Gasteiger partial charge in [-0.15, -0.1) is 0 Å². The lowest BCUT2D eigenvalue weighted by atomic mass is 9.93. The van der Waals surface area contributed by atoms with E-state index in [9.17, 15) is 17.6 Å². The summed E-state index contributed by atoms with van der Waals surface area (Å²) in [7, 11) is -3.85. The fourth-order valence-corrected chi connectivity index (χ4v) is 5.25. The third-order valence-electron chi connectivity index (χ3n) is 5.83. The number of piperidine rings is 1. The minimum absolute atomic E-state index is 0.171. The first-order valence-corrected chi connectivity index (χ1v) is 12.6. The number of nitrogens with zero attached hydrogens (tertiary/aromatic N) is 1. The Labute approximate surface area is 189 Å². The summed E-state index contributed by atoms with van der Waals surface area (Å²) in [6, 6.07) is 6.39. The number of allylic oxidation sites excluding steroid dienone is 2. The van der Waals surface area contributed by atoms with Crippen molar-refractivity contribution in [1.82, 2.24) is 14.9 Å². The number of sulfonamides is 1. The van der Waals surface area contributed by atoms with Gasteiger partial charge in [0.15, 0.2) is 0 Å². The number of dihydropyridines is 1. The summed E-state index contributed by atoms with van der Waals surface area (Å²) in [5, 5.41) is 2.88. The van der Waals surface area contributed by atoms with E-state index in [1.54, 1.807) is 17.2 Å². The van der Waals surface area contributed by atoms with Crippen molar-refractivity contribution in [2.45, 2.75) is 38.6 Å². The van der Waals surface area contributed by atoms with Gasteiger partial charge in [0.25, 0.3) is 0 Å². The minimum Gasteiger partial charge on any atom is -0.494 e. The highest BCUT2D eigenvalue weighted by molar-refractivity contribution is 7.93. The Hall–Kier alpha value is -2.39. The minimum atomic E-state index is -3.85. The molecule has 2 aliphatic rings. The number of amides is 1. The van der Waals surface area contributed by atoms with Crippen molar-refractivity contribution in [3.05, 3.63) is 53.1 Å². The second-order valence-corrected chi connectivity index (χ2v) is 9.84. The second-order valence-electron chi connectivity index (χ2n) is 8.07. The Balaban J connectivity index is 1.76. The molecule has 1 saturated heterocycles. The SMILES string of the molecule is CCOc1ccc(C[C@H](NS(=O)(=O)C2=CC=CNC2)C(=O)N2CCC(CCF)CC2)cc1. The standard InChI is InChI=1S/C23H32FN3O4S/c1-2-31-20-7-5-19(6-8-20)16-22(26-32(29,30)21-4-3-13-25-17-21)23(28)27-14-10-18(9-12-24)11-15-27/h3-8,13,18,22,25-26H,2,9-12,14-17H2,1H3/t22-/m0/s1. The zero-order chi connectivity index (χ0) is 23.0. The number of nitrogens with one attached hydrogen (secondary N) is 2. The molecule has 176 valence electrons. The number of rotatable bonds is 10. The largest absolute Gasteiger partial charge is 0.494 e. The first kappa shape index (κ1) is 24.3. The van der Waals surface area contributed by atoms with E-state index >= 15 is 0 Å². The van der Waals surface area contributed by atoms with E-state index in [-0.39, 0.29) is 36.4 Å². The normalized spacial score (nSPS) is 18.1. The van der Waals surface area contributed by atoms with Crippen LogP contribution in [0.5, 0.6) is 5.75 Å². The van der Waals surface area contributed by atoms with Crippen LogP contribution in [0.3, 0.4) is 0 Å². The maximum Gasteiger partial charge on any atom is 0.241 e. The highest BCUT2D eigenvalue weighted by atomic mass is 32.2. The van der Waals surface area contributed by atoms with E-state index in [0.717, 1.165) is 24.2 Å². The number of alkyl halides is 1. The van der Waals surface area contributed by atoms with Crippen molar-refractivity contribution in [3.8, 4) is 5.75 Å². The van der Waals surface area contributed by atoms with Gasteiger partial charge in [-0.1, -0.05) is 12.1 Å². The van der Waals surface area contributed by atoms with Crippen LogP contribution in [-0.2, 0) is 21.2 Å². The van der Waals surface area contributed by atoms with E-state index < -0.39 is 16.1 Å². The molecular weight excluding hydrogens is 433 g/mol. The van der Waals surface area contributed by atoms with Crippen molar-refractivity contribution in [2.75, 3.05) is 32.9 Å². The molecule has 2 N–H and O–H groups in total. The molecule has 0 radical (unpaired) electrons. The van der Waals surface area contributed by atoms with Crippen LogP contribution in [0.4, 0.5) is 4.39 Å². The quantitative estimate of drug-likeness (QED) is 0.555. The van der Waals surface area contributed by atoms with E-state index in [0.29, 0.717) is 26.1 Å². The first-order valence-electron chi connectivity index (χ1n) is 11.1. The number of carbonyl (C=O) groups excluding carboxylic acids is 1. The van der Waals surface area contributed by atoms with Crippen molar-refractivity contribution in [2.24, 2.45) is 5.92 Å². The van der Waals surface area contributed by atoms with Gasteiger partial charge >= 0.3 is 0 Å². The molecule has 0 aromatic heterocycles. The monoisotopic (exact) mass is 465 g/mol. The topological polar surface area (TPSA) is 87.7 Å². The van der Waals surface area contributed by atoms with Gasteiger partial charge in [0, 0.05) is 13.1 Å². The predicted molar refractivity (Wildman–Crippen MR) is 122 cm³/mol. The van der Waals surface area contributed by atoms with Crippen molar-refractivity contribution in [1.29, 1.82) is 0 Å². The van der Waals surface area contributed by atoms with Crippen LogP contribution in [0.2, 0.25) is 0 Å². The number of hydrogen-bond acceptors (Lipinski definition) is 5. The van der Waals surface area contributed by atoms with Crippen molar-refractivity contribution in [3.63, 3.8) is 0 Å². The zero-order valence-electron chi connectivity index (χ0n) is 18.4. The van der Waals surface area contributed by atoms with Crippen LogP contribution < -0.4 is 14.8 Å². The van der Waals surface area contributed by atoms with Gasteiger partial charge in [0.1, 0.15) is 11.8 Å². The van der Waals surface area contributed by atoms with Gasteiger partial charge < -0.3 is 15.0 Å². The molecule has 9 heteroatoms. The highest BCUT2D eigenvalue weighted by Gasteiger charge is 2.32. The third-order valence-corrected chi connectivity index (χ3v) is 7.40. The molecule has 1 fully saturated rings. The summed E-state index contributed by atoms with van der Waals surface area (Å²) >= 11 is 0. The number of benzene rings is 1. The van der Waals surface area contributed by atoms with Gasteiger partial charge in [-0.2, -0.15) is 4.72 Å². The van der Waals surface area contributed by atoms with Gasteiger partial charge in [-0.3, -0.25) is 9.18 Å². The van der Waals surface area contributed by atoms with Gasteiger partial charge in [-0.05, 0) is 74.6 Å². The molecule has 1 aromatic rings. The third kappa shape index (κ3) is 6.56. The van der Waals surface area contributed by atoms with E-state index in [4.69, 9.17) is 4.74 Å². The fourth-order valence-electron chi connectivity index (χ4n) is 4.01. The fraction of sp³-hybridized carbons (Fsp3) is 0.522. The molecule has 1 amide bonds. The maximum absolute atomic E-state index is 13.3. The Kier molecular flexibility index (Phi) is 8.69. The van der Waals surface area contributed by atoms with E-state index in [1.165, 1.54) is 6.08 Å². The average Bonchev–Trinajstić information content (AvgIpc) is 2.81. The van der Waals surface area contributed by atoms with Crippen LogP contribution in [0.15, 0.2) is 47.5 Å². The summed E-state index contributed by atoms with van der Waals surface area (Å²) in [5.74, 6) is 0.747. The van der Waals surface area contributed by atoms with Gasteiger partial charge in [-0.25, -0.2) is 8.42 Å². The molecule has 0 spiro atoms. The van der Waals surface area contributed by atoms with Crippen LogP contribution in [0.25, 0.3) is 0 Å². The molecule has 1 atom stereocenters. The molecule has 0 aliphatic carbocycles. The van der Waals surface area contributed by atoms with E-state index in [2.05, 4.69) is 10.0 Å². The summed E-state index contributed by atoms with van der Waals surface area (Å²) in [4.78, 5) is 15.2. The van der Waals surface area contributed by atoms with Gasteiger partial charge in [0.2, 0.25) is 15.9 Å². The molecule has 0 bridgehead atoms. The Bertz CT molecular complexity index is 923. The second kappa shape index (κ2) is 11.5. The van der Waals surface area contributed by atoms with Crippen LogP contribution in [0.1, 0.15) is 31.7 Å². The molecule has 7 nitrogen and oxygen atoms in total. The smallest absolute Gasteiger partial charge is 0.241 e. The molecule has 3 rings (SSSR count). The molecule has 2 aliphatic heterocycles.